The maximum atomic E-state index is 12.8. The molecule has 0 bridgehead atoms. The number of carboxylic acid groups (broad SMARTS) is 2. The molecule has 0 saturated carbocycles. The number of aromatic nitrogens is 2. The highest BCUT2D eigenvalue weighted by Crippen LogP contribution is 2.41. The molecular weight excluding hydrogens is 486 g/mol. The number of carboxylic acids is 2. The molecule has 0 radical (unpaired) electrons. The van der Waals surface area contributed by atoms with Crippen LogP contribution in [-0.2, 0) is 32.0 Å². The molecule has 34 heavy (non-hydrogen) atoms. The number of para-hydroxylation sites is 1. The van der Waals surface area contributed by atoms with Crippen molar-refractivity contribution in [2.45, 2.75) is 29.5 Å². The van der Waals surface area contributed by atoms with Gasteiger partial charge in [-0.25, -0.2) is 4.79 Å². The van der Waals surface area contributed by atoms with E-state index in [1.165, 1.54) is 16.7 Å². The van der Waals surface area contributed by atoms with E-state index in [4.69, 9.17) is 15.3 Å². The van der Waals surface area contributed by atoms with E-state index in [2.05, 4.69) is 15.5 Å². The summed E-state index contributed by atoms with van der Waals surface area (Å²) >= 11 is 2.39. The molecule has 0 spiro atoms. The van der Waals surface area contributed by atoms with Gasteiger partial charge in [0.2, 0.25) is 11.8 Å². The molecule has 1 aromatic heterocycles. The van der Waals surface area contributed by atoms with Crippen LogP contribution in [-0.4, -0.2) is 72.0 Å². The molecular formula is C20H19N5O7S2. The number of β-lactam (4-membered cyclic amide) rings is 1. The van der Waals surface area contributed by atoms with Gasteiger partial charge in [0, 0.05) is 17.2 Å². The summed E-state index contributed by atoms with van der Waals surface area (Å²) < 4.78 is 5.23. The fraction of sp³-hybridized carbons (Fsp3) is 0.300. The third-order valence-corrected chi connectivity index (χ3v) is 7.34. The first-order valence-electron chi connectivity index (χ1n) is 9.94. The molecule has 14 heteroatoms. The fourth-order valence-electron chi connectivity index (χ4n) is 3.53. The molecule has 0 aliphatic carbocycles. The second kappa shape index (κ2) is 9.77. The lowest BCUT2D eigenvalue weighted by Gasteiger charge is -2.49. The molecule has 3 heterocycles. The van der Waals surface area contributed by atoms with Crippen LogP contribution in [0.2, 0.25) is 0 Å². The number of nitrogens with zero attached hydrogens (tertiary/aromatic N) is 3. The van der Waals surface area contributed by atoms with E-state index >= 15 is 0 Å². The number of nitrogen functional groups attached to an aromatic ring is 1. The highest BCUT2D eigenvalue weighted by atomic mass is 32.2. The van der Waals surface area contributed by atoms with Crippen LogP contribution < -0.4 is 11.1 Å². The van der Waals surface area contributed by atoms with Crippen molar-refractivity contribution in [1.82, 2.24) is 20.4 Å². The molecule has 1 aromatic carbocycles. The molecule has 1 fully saturated rings. The number of nitrogens with two attached hydrogens (primary N) is 1. The number of thioether (sulfide) groups is 2. The molecule has 2 atom stereocenters. The van der Waals surface area contributed by atoms with E-state index in [-0.39, 0.29) is 34.9 Å². The molecule has 1 saturated heterocycles. The second-order valence-corrected chi connectivity index (χ2v) is 9.44. The van der Waals surface area contributed by atoms with Crippen LogP contribution in [0.3, 0.4) is 0 Å². The Kier molecular flexibility index (Phi) is 6.79. The van der Waals surface area contributed by atoms with Crippen LogP contribution in [0.4, 0.5) is 5.69 Å². The lowest BCUT2D eigenvalue weighted by atomic mass is 10.0. The normalized spacial score (nSPS) is 19.4. The van der Waals surface area contributed by atoms with Crippen LogP contribution in [0.15, 0.2) is 45.2 Å². The molecule has 2 aliphatic rings. The van der Waals surface area contributed by atoms with Gasteiger partial charge < -0.3 is 25.7 Å². The van der Waals surface area contributed by atoms with Gasteiger partial charge in [-0.3, -0.25) is 19.3 Å². The predicted octanol–water partition coefficient (Wildman–Crippen LogP) is 0.352. The van der Waals surface area contributed by atoms with Gasteiger partial charge in [-0.2, -0.15) is 0 Å². The number of benzene rings is 1. The number of hydrogen-bond acceptors (Lipinski definition) is 10. The molecule has 178 valence electrons. The Labute approximate surface area is 200 Å². The van der Waals surface area contributed by atoms with Gasteiger partial charge in [-0.15, -0.1) is 22.0 Å². The minimum absolute atomic E-state index is 0.00536. The average Bonchev–Trinajstić information content (AvgIpc) is 3.23. The average molecular weight is 506 g/mol. The second-order valence-electron chi connectivity index (χ2n) is 7.41. The third-order valence-electron chi connectivity index (χ3n) is 5.09. The van der Waals surface area contributed by atoms with Gasteiger partial charge in [0.05, 0.1) is 6.42 Å². The fourth-order valence-corrected chi connectivity index (χ4v) is 5.80. The van der Waals surface area contributed by atoms with E-state index in [1.807, 2.05) is 0 Å². The van der Waals surface area contributed by atoms with E-state index in [0.717, 1.165) is 11.8 Å². The largest absolute Gasteiger partial charge is 0.481 e. The maximum absolute atomic E-state index is 12.8. The highest BCUT2D eigenvalue weighted by Gasteiger charge is 2.54. The minimum atomic E-state index is -1.26. The zero-order chi connectivity index (χ0) is 24.4. The van der Waals surface area contributed by atoms with Crippen LogP contribution in [0.25, 0.3) is 0 Å². The van der Waals surface area contributed by atoms with Crippen LogP contribution in [0.1, 0.15) is 11.5 Å². The number of fused-ring (bicyclic) bond motifs is 1. The zero-order valence-electron chi connectivity index (χ0n) is 17.5. The van der Waals surface area contributed by atoms with Crippen molar-refractivity contribution in [3.63, 3.8) is 0 Å². The Balaban J connectivity index is 1.41. The van der Waals surface area contributed by atoms with E-state index in [9.17, 15) is 24.3 Å². The van der Waals surface area contributed by atoms with Gasteiger partial charge in [0.15, 0.2) is 0 Å². The van der Waals surface area contributed by atoms with Gasteiger partial charge in [-0.05, 0) is 17.2 Å². The lowest BCUT2D eigenvalue weighted by Crippen LogP contribution is -2.70. The summed E-state index contributed by atoms with van der Waals surface area (Å²) in [7, 11) is 0. The molecule has 5 N–H and O–H groups in total. The number of aliphatic carboxylic acids is 2. The molecule has 2 amide bonds. The molecule has 4 rings (SSSR count). The quantitative estimate of drug-likeness (QED) is 0.208. The summed E-state index contributed by atoms with van der Waals surface area (Å²) in [5, 5.41) is 28.1. The summed E-state index contributed by atoms with van der Waals surface area (Å²) in [6.45, 7) is 0. The third kappa shape index (κ3) is 4.87. The van der Waals surface area contributed by atoms with Gasteiger partial charge >= 0.3 is 11.9 Å². The number of hydrogen-bond donors (Lipinski definition) is 4. The Hall–Kier alpha value is -3.52. The first kappa shape index (κ1) is 23.6. The number of carbonyl (C=O) groups excluding carboxylic acids is 2. The Morgan fingerprint density at radius 3 is 2.71 bits per heavy atom. The van der Waals surface area contributed by atoms with Crippen LogP contribution in [0, 0.1) is 0 Å². The predicted molar refractivity (Wildman–Crippen MR) is 121 cm³/mol. The van der Waals surface area contributed by atoms with Crippen LogP contribution >= 0.6 is 23.5 Å². The zero-order valence-corrected chi connectivity index (χ0v) is 19.1. The number of rotatable bonds is 9. The van der Waals surface area contributed by atoms with Crippen molar-refractivity contribution in [3.05, 3.63) is 47.0 Å². The minimum Gasteiger partial charge on any atom is -0.481 e. The highest BCUT2D eigenvalue weighted by molar-refractivity contribution is 8.01. The Morgan fingerprint density at radius 1 is 1.24 bits per heavy atom. The maximum Gasteiger partial charge on any atom is 0.352 e. The van der Waals surface area contributed by atoms with Crippen molar-refractivity contribution >= 4 is 53.0 Å². The van der Waals surface area contributed by atoms with Crippen LogP contribution in [0.5, 0.6) is 0 Å². The first-order chi connectivity index (χ1) is 16.2. The lowest BCUT2D eigenvalue weighted by molar-refractivity contribution is -0.150. The Bertz CT molecular complexity index is 1200. The van der Waals surface area contributed by atoms with Gasteiger partial charge in [0.25, 0.3) is 11.1 Å². The number of anilines is 1. The van der Waals surface area contributed by atoms with Crippen molar-refractivity contribution in [1.29, 1.82) is 0 Å². The summed E-state index contributed by atoms with van der Waals surface area (Å²) in [6, 6.07) is 6.09. The SMILES string of the molecule is Nc1ccccc1CC(=O)NC1C(=O)N2C(C(=O)O)=C(CSc3nnc(CC(=O)O)o3)CS[C@H]12. The smallest absolute Gasteiger partial charge is 0.352 e. The standard InChI is InChI=1S/C20H19N5O7S2/c21-11-4-2-1-3-9(11)5-12(26)22-15-17(29)25-16(19(30)31)10(7-33-18(15)25)8-34-20-24-23-13(32-20)6-14(27)28/h1-4,15,18H,5-8,21H2,(H,22,26)(H,27,28)(H,30,31)/t15?,18-/m1/s1. The molecule has 2 aromatic rings. The number of amides is 2. The van der Waals surface area contributed by atoms with Gasteiger partial charge in [-0.1, -0.05) is 30.0 Å². The first-order valence-corrected chi connectivity index (χ1v) is 12.0. The summed E-state index contributed by atoms with van der Waals surface area (Å²) in [5.41, 5.74) is 7.32. The molecule has 12 nitrogen and oxygen atoms in total. The topological polar surface area (TPSA) is 189 Å². The summed E-state index contributed by atoms with van der Waals surface area (Å²) in [4.78, 5) is 49.1. The van der Waals surface area contributed by atoms with Crippen molar-refractivity contribution in [2.75, 3.05) is 17.2 Å². The summed E-state index contributed by atoms with van der Waals surface area (Å²) in [6.07, 6.45) is -0.411. The Morgan fingerprint density at radius 2 is 2.00 bits per heavy atom. The van der Waals surface area contributed by atoms with E-state index in [0.29, 0.717) is 22.6 Å². The van der Waals surface area contributed by atoms with E-state index < -0.39 is 35.7 Å². The molecule has 1 unspecified atom stereocenters. The van der Waals surface area contributed by atoms with Crippen molar-refractivity contribution in [2.24, 2.45) is 0 Å². The van der Waals surface area contributed by atoms with E-state index in [1.54, 1.807) is 24.3 Å². The summed E-state index contributed by atoms with van der Waals surface area (Å²) in [5.74, 6) is -2.85. The van der Waals surface area contributed by atoms with Crippen molar-refractivity contribution in [3.8, 4) is 0 Å². The van der Waals surface area contributed by atoms with Crippen molar-refractivity contribution < 1.29 is 33.8 Å². The number of carbonyl (C=O) groups is 4. The number of nitrogens with one attached hydrogen (secondary N) is 1. The monoisotopic (exact) mass is 505 g/mol. The van der Waals surface area contributed by atoms with Gasteiger partial charge in [0.1, 0.15) is 23.5 Å². The molecule has 2 aliphatic heterocycles.